The average Bonchev–Trinajstić information content (AvgIpc) is 3.19. The van der Waals surface area contributed by atoms with Crippen LogP contribution in [0.25, 0.3) is 0 Å². The Bertz CT molecular complexity index is 1050. The molecular formula is C24H34N6O2S2. The van der Waals surface area contributed by atoms with Gasteiger partial charge in [-0.15, -0.1) is 11.3 Å². The maximum atomic E-state index is 12.0. The second-order valence-corrected chi connectivity index (χ2v) is 10.6. The van der Waals surface area contributed by atoms with E-state index >= 15 is 0 Å². The standard InChI is InChI=1S/C24H34N6O2S2/c1-14-13-34-20(22(31)32-4)19(14)28-24(33)26-16-11-9-15(10-12-16)25-23-27-18-8-6-5-7-17(18)21(29-23)30(2)3/h13,15-16H,5-12H2,1-4H3,(H,25,27,29)(H2,26,28,33). The number of thiocarbonyl (C=S) groups is 1. The number of rotatable bonds is 6. The summed E-state index contributed by atoms with van der Waals surface area (Å²) in [5.74, 6) is 1.45. The summed E-state index contributed by atoms with van der Waals surface area (Å²) >= 11 is 6.91. The molecule has 0 saturated heterocycles. The molecule has 0 unspecified atom stereocenters. The van der Waals surface area contributed by atoms with Gasteiger partial charge in [0.05, 0.1) is 18.5 Å². The van der Waals surface area contributed by atoms with Crippen molar-refractivity contribution in [2.45, 2.75) is 70.4 Å². The van der Waals surface area contributed by atoms with Crippen LogP contribution >= 0.6 is 23.6 Å². The first-order chi connectivity index (χ1) is 16.4. The van der Waals surface area contributed by atoms with Crippen molar-refractivity contribution in [3.8, 4) is 0 Å². The number of aryl methyl sites for hydroxylation is 2. The largest absolute Gasteiger partial charge is 0.465 e. The van der Waals surface area contributed by atoms with Crippen molar-refractivity contribution in [2.24, 2.45) is 0 Å². The van der Waals surface area contributed by atoms with Gasteiger partial charge in [-0.2, -0.15) is 4.98 Å². The lowest BCUT2D eigenvalue weighted by molar-refractivity contribution is 0.0607. The number of fused-ring (bicyclic) bond motifs is 1. The Morgan fingerprint density at radius 3 is 2.56 bits per heavy atom. The molecular weight excluding hydrogens is 468 g/mol. The third kappa shape index (κ3) is 5.60. The first-order valence-electron chi connectivity index (χ1n) is 11.9. The van der Waals surface area contributed by atoms with Gasteiger partial charge in [0, 0.05) is 31.7 Å². The predicted molar refractivity (Wildman–Crippen MR) is 142 cm³/mol. The number of nitrogens with one attached hydrogen (secondary N) is 3. The van der Waals surface area contributed by atoms with E-state index in [1.165, 1.54) is 42.5 Å². The number of methoxy groups -OCH3 is 1. The summed E-state index contributed by atoms with van der Waals surface area (Å²) < 4.78 is 4.88. The van der Waals surface area contributed by atoms with E-state index in [-0.39, 0.29) is 5.97 Å². The van der Waals surface area contributed by atoms with Gasteiger partial charge in [-0.25, -0.2) is 9.78 Å². The quantitative estimate of drug-likeness (QED) is 0.395. The number of hydrogen-bond acceptors (Lipinski definition) is 8. The average molecular weight is 503 g/mol. The normalized spacial score (nSPS) is 19.6. The van der Waals surface area contributed by atoms with Gasteiger partial charge in [-0.05, 0) is 81.5 Å². The van der Waals surface area contributed by atoms with E-state index in [9.17, 15) is 4.79 Å². The number of esters is 1. The zero-order chi connectivity index (χ0) is 24.2. The molecule has 2 aliphatic rings. The smallest absolute Gasteiger partial charge is 0.350 e. The monoisotopic (exact) mass is 502 g/mol. The van der Waals surface area contributed by atoms with E-state index in [0.717, 1.165) is 61.5 Å². The molecule has 2 aromatic rings. The van der Waals surface area contributed by atoms with Gasteiger partial charge in [0.15, 0.2) is 5.11 Å². The summed E-state index contributed by atoms with van der Waals surface area (Å²) in [5, 5.41) is 12.7. The minimum atomic E-state index is -0.350. The molecule has 0 atom stereocenters. The number of aromatic nitrogens is 2. The molecule has 0 bridgehead atoms. The van der Waals surface area contributed by atoms with E-state index in [1.54, 1.807) is 0 Å². The molecule has 1 fully saturated rings. The number of thiophene rings is 1. The Hall–Kier alpha value is -2.46. The molecule has 0 spiro atoms. The highest BCUT2D eigenvalue weighted by Gasteiger charge is 2.25. The molecule has 0 amide bonds. The van der Waals surface area contributed by atoms with Crippen LogP contribution in [-0.2, 0) is 17.6 Å². The molecule has 2 aliphatic carbocycles. The fourth-order valence-electron chi connectivity index (χ4n) is 4.75. The second-order valence-electron chi connectivity index (χ2n) is 9.30. The molecule has 2 heterocycles. The molecule has 34 heavy (non-hydrogen) atoms. The summed E-state index contributed by atoms with van der Waals surface area (Å²) in [4.78, 5) is 24.4. The SMILES string of the molecule is COC(=O)c1scc(C)c1NC(=S)NC1CCC(Nc2nc3c(c(N(C)C)n2)CCCC3)CC1. The third-order valence-corrected chi connectivity index (χ3v) is 7.86. The highest BCUT2D eigenvalue weighted by Crippen LogP contribution is 2.30. The van der Waals surface area contributed by atoms with E-state index in [2.05, 4.69) is 34.9 Å². The molecule has 1 saturated carbocycles. The van der Waals surface area contributed by atoms with Gasteiger partial charge in [-0.3, -0.25) is 0 Å². The van der Waals surface area contributed by atoms with Crippen LogP contribution in [0.2, 0.25) is 0 Å². The van der Waals surface area contributed by atoms with Crippen molar-refractivity contribution in [1.29, 1.82) is 0 Å². The van der Waals surface area contributed by atoms with Gasteiger partial charge in [0.25, 0.3) is 0 Å². The van der Waals surface area contributed by atoms with Crippen LogP contribution in [-0.4, -0.2) is 54.3 Å². The summed E-state index contributed by atoms with van der Waals surface area (Å²) in [6.07, 6.45) is 8.55. The summed E-state index contributed by atoms with van der Waals surface area (Å²) in [5.41, 5.74) is 4.22. The minimum absolute atomic E-state index is 0.292. The van der Waals surface area contributed by atoms with Crippen LogP contribution in [0.15, 0.2) is 5.38 Å². The third-order valence-electron chi connectivity index (χ3n) is 6.56. The first kappa shape index (κ1) is 24.7. The Morgan fingerprint density at radius 1 is 1.15 bits per heavy atom. The second kappa shape index (κ2) is 10.9. The Morgan fingerprint density at radius 2 is 1.85 bits per heavy atom. The Labute approximate surface area is 210 Å². The number of carbonyl (C=O) groups excluding carboxylic acids is 1. The highest BCUT2D eigenvalue weighted by molar-refractivity contribution is 7.80. The lowest BCUT2D eigenvalue weighted by atomic mass is 9.91. The zero-order valence-electron chi connectivity index (χ0n) is 20.4. The van der Waals surface area contributed by atoms with Gasteiger partial charge in [-0.1, -0.05) is 0 Å². The molecule has 4 rings (SSSR count). The van der Waals surface area contributed by atoms with Gasteiger partial charge >= 0.3 is 5.97 Å². The van der Waals surface area contributed by atoms with Crippen LogP contribution in [0, 0.1) is 6.92 Å². The van der Waals surface area contributed by atoms with Crippen LogP contribution < -0.4 is 20.9 Å². The number of ether oxygens (including phenoxy) is 1. The predicted octanol–water partition coefficient (Wildman–Crippen LogP) is 4.29. The summed E-state index contributed by atoms with van der Waals surface area (Å²) in [6.45, 7) is 1.95. The van der Waals surface area contributed by atoms with Gasteiger partial charge in [0.2, 0.25) is 5.95 Å². The maximum absolute atomic E-state index is 12.0. The molecule has 8 nitrogen and oxygen atoms in total. The number of hydrogen-bond donors (Lipinski definition) is 3. The molecule has 0 radical (unpaired) electrons. The Balaban J connectivity index is 1.31. The van der Waals surface area contributed by atoms with Crippen molar-refractivity contribution >= 4 is 52.1 Å². The summed E-state index contributed by atoms with van der Waals surface area (Å²) in [6, 6.07) is 0.640. The van der Waals surface area contributed by atoms with Crippen LogP contribution in [0.3, 0.4) is 0 Å². The van der Waals surface area contributed by atoms with Crippen molar-refractivity contribution in [2.75, 3.05) is 36.7 Å². The van der Waals surface area contributed by atoms with E-state index in [4.69, 9.17) is 26.9 Å². The summed E-state index contributed by atoms with van der Waals surface area (Å²) in [7, 11) is 5.50. The van der Waals surface area contributed by atoms with E-state index < -0.39 is 0 Å². The van der Waals surface area contributed by atoms with E-state index in [1.807, 2.05) is 12.3 Å². The fourth-order valence-corrected chi connectivity index (χ4v) is 5.94. The van der Waals surface area contributed by atoms with Gasteiger partial charge in [0.1, 0.15) is 10.7 Å². The molecule has 0 aliphatic heterocycles. The lowest BCUT2D eigenvalue weighted by Gasteiger charge is -2.31. The van der Waals surface area contributed by atoms with Crippen LogP contribution in [0.5, 0.6) is 0 Å². The van der Waals surface area contributed by atoms with Crippen molar-refractivity contribution < 1.29 is 9.53 Å². The van der Waals surface area contributed by atoms with Gasteiger partial charge < -0.3 is 25.6 Å². The number of nitrogens with zero attached hydrogens (tertiary/aromatic N) is 3. The molecule has 184 valence electrons. The van der Waals surface area contributed by atoms with Crippen molar-refractivity contribution in [3.63, 3.8) is 0 Å². The van der Waals surface area contributed by atoms with Crippen LogP contribution in [0.1, 0.15) is 65.0 Å². The highest BCUT2D eigenvalue weighted by atomic mass is 32.1. The van der Waals surface area contributed by atoms with Crippen molar-refractivity contribution in [3.05, 3.63) is 27.1 Å². The minimum Gasteiger partial charge on any atom is -0.465 e. The number of anilines is 3. The maximum Gasteiger partial charge on any atom is 0.350 e. The zero-order valence-corrected chi connectivity index (χ0v) is 22.0. The Kier molecular flexibility index (Phi) is 7.88. The topological polar surface area (TPSA) is 91.4 Å². The molecule has 10 heteroatoms. The van der Waals surface area contributed by atoms with Crippen molar-refractivity contribution in [1.82, 2.24) is 15.3 Å². The lowest BCUT2D eigenvalue weighted by Crippen LogP contribution is -2.42. The number of carbonyl (C=O) groups is 1. The fraction of sp³-hybridized carbons (Fsp3) is 0.583. The van der Waals surface area contributed by atoms with Crippen LogP contribution in [0.4, 0.5) is 17.5 Å². The van der Waals surface area contributed by atoms with E-state index in [0.29, 0.717) is 22.1 Å². The molecule has 3 N–H and O–H groups in total. The first-order valence-corrected chi connectivity index (χ1v) is 13.2. The molecule has 2 aromatic heterocycles. The molecule has 0 aromatic carbocycles.